The number of ether oxygens (including phenoxy) is 2. The van der Waals surface area contributed by atoms with Crippen molar-refractivity contribution in [2.24, 2.45) is 23.2 Å². The van der Waals surface area contributed by atoms with Crippen molar-refractivity contribution in [1.29, 1.82) is 0 Å². The fourth-order valence-corrected chi connectivity index (χ4v) is 6.86. The summed E-state index contributed by atoms with van der Waals surface area (Å²) in [6.45, 7) is 14.4. The summed E-state index contributed by atoms with van der Waals surface area (Å²) in [6, 6.07) is 0. The molecule has 0 aliphatic heterocycles. The van der Waals surface area contributed by atoms with E-state index in [2.05, 4.69) is 38.7 Å². The third kappa shape index (κ3) is 7.19. The lowest BCUT2D eigenvalue weighted by atomic mass is 9.61. The Bertz CT molecular complexity index is 930. The van der Waals surface area contributed by atoms with Crippen LogP contribution in [0.4, 0.5) is 4.79 Å². The first-order valence-corrected chi connectivity index (χ1v) is 14.6. The SMILES string of the molecule is C=C1/C(=C\C=C2/CCC[C@]3(C)[C@@H]([C@H](C)/C=C/[C@@H](O)C(C)(C)OC(=O)OCCCC)CC[C@@H]23)C[C@@H](O)C[C@@H]1O. The van der Waals surface area contributed by atoms with Gasteiger partial charge in [0.15, 0.2) is 0 Å². The van der Waals surface area contributed by atoms with E-state index in [1.165, 1.54) is 12.0 Å². The predicted octanol–water partition coefficient (Wildman–Crippen LogP) is 6.41. The van der Waals surface area contributed by atoms with Crippen LogP contribution < -0.4 is 0 Å². The van der Waals surface area contributed by atoms with Crippen molar-refractivity contribution in [3.63, 3.8) is 0 Å². The molecule has 3 fully saturated rings. The second-order valence-corrected chi connectivity index (χ2v) is 12.5. The van der Waals surface area contributed by atoms with Gasteiger partial charge >= 0.3 is 6.16 Å². The Hall–Kier alpha value is -1.89. The predicted molar refractivity (Wildman–Crippen MR) is 150 cm³/mol. The first kappa shape index (κ1) is 30.6. The minimum absolute atomic E-state index is 0.176. The number of carbonyl (C=O) groups is 1. The number of hydrogen-bond acceptors (Lipinski definition) is 6. The van der Waals surface area contributed by atoms with Crippen molar-refractivity contribution < 1.29 is 29.6 Å². The molecule has 0 aromatic rings. The van der Waals surface area contributed by atoms with Crippen LogP contribution in [0.5, 0.6) is 0 Å². The van der Waals surface area contributed by atoms with E-state index in [4.69, 9.17) is 9.47 Å². The normalized spacial score (nSPS) is 33.9. The quantitative estimate of drug-likeness (QED) is 0.181. The van der Waals surface area contributed by atoms with Crippen LogP contribution in [0.3, 0.4) is 0 Å². The van der Waals surface area contributed by atoms with Gasteiger partial charge in [0.25, 0.3) is 0 Å². The standard InChI is InChI=1S/C32H50O6/c1-7-8-18-37-30(36)38-31(4,5)29(35)16-11-21(2)26-14-15-27-23(10-9-17-32(26,27)6)12-13-24-19-25(33)20-28(34)22(24)3/h11-13,16,21,25-29,33-35H,3,7-10,14-15,17-20H2,1-2,4-6H3/b16-11+,23-12+,24-13-/t21-,25-,26-,27+,28+,29-,32-/m1/s1. The molecule has 3 aliphatic carbocycles. The molecule has 214 valence electrons. The van der Waals surface area contributed by atoms with Gasteiger partial charge in [-0.3, -0.25) is 0 Å². The van der Waals surface area contributed by atoms with Crippen LogP contribution in [-0.2, 0) is 9.47 Å². The van der Waals surface area contributed by atoms with Crippen LogP contribution >= 0.6 is 0 Å². The number of allylic oxidation sites excluding steroid dienone is 4. The molecule has 0 aromatic carbocycles. The van der Waals surface area contributed by atoms with Crippen LogP contribution in [0.25, 0.3) is 0 Å². The van der Waals surface area contributed by atoms with Crippen molar-refractivity contribution in [3.8, 4) is 0 Å². The molecule has 0 spiro atoms. The zero-order valence-electron chi connectivity index (χ0n) is 24.1. The lowest BCUT2D eigenvalue weighted by Gasteiger charge is -2.44. The molecule has 3 rings (SSSR count). The van der Waals surface area contributed by atoms with E-state index in [1.54, 1.807) is 19.9 Å². The molecule has 0 radical (unpaired) electrons. The molecule has 0 heterocycles. The molecule has 0 unspecified atom stereocenters. The second-order valence-electron chi connectivity index (χ2n) is 12.5. The third-order valence-electron chi connectivity index (χ3n) is 9.31. The van der Waals surface area contributed by atoms with Crippen LogP contribution in [0.1, 0.15) is 92.4 Å². The summed E-state index contributed by atoms with van der Waals surface area (Å²) in [4.78, 5) is 12.0. The summed E-state index contributed by atoms with van der Waals surface area (Å²) in [5.74, 6) is 1.26. The molecule has 3 N–H and O–H groups in total. The van der Waals surface area contributed by atoms with E-state index in [1.807, 2.05) is 6.92 Å². The highest BCUT2D eigenvalue weighted by atomic mass is 16.7. The molecular formula is C32H50O6. The van der Waals surface area contributed by atoms with E-state index in [-0.39, 0.29) is 11.3 Å². The summed E-state index contributed by atoms with van der Waals surface area (Å²) in [6.07, 6.45) is 13.6. The topological polar surface area (TPSA) is 96.2 Å². The van der Waals surface area contributed by atoms with Gasteiger partial charge in [-0.25, -0.2) is 4.79 Å². The van der Waals surface area contributed by atoms with Gasteiger partial charge in [0.1, 0.15) is 11.7 Å². The van der Waals surface area contributed by atoms with E-state index in [9.17, 15) is 20.1 Å². The number of unbranched alkanes of at least 4 members (excludes halogenated alkanes) is 1. The van der Waals surface area contributed by atoms with Crippen LogP contribution in [0.15, 0.2) is 47.6 Å². The Labute approximate surface area is 229 Å². The number of fused-ring (bicyclic) bond motifs is 1. The number of hydrogen-bond donors (Lipinski definition) is 3. The highest BCUT2D eigenvalue weighted by Crippen LogP contribution is 2.59. The van der Waals surface area contributed by atoms with Gasteiger partial charge < -0.3 is 24.8 Å². The van der Waals surface area contributed by atoms with Crippen molar-refractivity contribution >= 4 is 6.16 Å². The molecule has 6 nitrogen and oxygen atoms in total. The third-order valence-corrected chi connectivity index (χ3v) is 9.31. The molecule has 6 heteroatoms. The van der Waals surface area contributed by atoms with Gasteiger partial charge in [0.05, 0.1) is 18.8 Å². The first-order valence-electron chi connectivity index (χ1n) is 14.6. The highest BCUT2D eigenvalue weighted by Gasteiger charge is 2.50. The largest absolute Gasteiger partial charge is 0.508 e. The van der Waals surface area contributed by atoms with Gasteiger partial charge in [-0.15, -0.1) is 0 Å². The molecule has 7 atom stereocenters. The van der Waals surface area contributed by atoms with Crippen molar-refractivity contribution in [3.05, 3.63) is 47.6 Å². The van der Waals surface area contributed by atoms with Gasteiger partial charge in [-0.1, -0.05) is 63.6 Å². The smallest absolute Gasteiger partial charge is 0.434 e. The van der Waals surface area contributed by atoms with Crippen molar-refractivity contribution in [2.75, 3.05) is 6.61 Å². The maximum absolute atomic E-state index is 12.0. The Morgan fingerprint density at radius 1 is 1.24 bits per heavy atom. The molecule has 0 aromatic heterocycles. The van der Waals surface area contributed by atoms with Crippen LogP contribution in [-0.4, -0.2) is 52.0 Å². The Kier molecular flexibility index (Phi) is 10.5. The Morgan fingerprint density at radius 3 is 2.68 bits per heavy atom. The van der Waals surface area contributed by atoms with Gasteiger partial charge in [0, 0.05) is 6.42 Å². The summed E-state index contributed by atoms with van der Waals surface area (Å²) in [7, 11) is 0. The molecular weight excluding hydrogens is 480 g/mol. The van der Waals surface area contributed by atoms with Gasteiger partial charge in [-0.2, -0.15) is 0 Å². The fraction of sp³-hybridized carbons (Fsp3) is 0.719. The van der Waals surface area contributed by atoms with E-state index in [0.717, 1.165) is 49.7 Å². The number of carbonyl (C=O) groups excluding carboxylic acids is 1. The lowest BCUT2D eigenvalue weighted by molar-refractivity contribution is -0.0670. The fourth-order valence-electron chi connectivity index (χ4n) is 6.86. The molecule has 0 bridgehead atoms. The molecule has 3 aliphatic rings. The maximum Gasteiger partial charge on any atom is 0.508 e. The summed E-state index contributed by atoms with van der Waals surface area (Å²) >= 11 is 0. The maximum atomic E-state index is 12.0. The zero-order chi connectivity index (χ0) is 28.1. The zero-order valence-corrected chi connectivity index (χ0v) is 24.1. The monoisotopic (exact) mass is 530 g/mol. The molecule has 38 heavy (non-hydrogen) atoms. The van der Waals surface area contributed by atoms with Gasteiger partial charge in [0.2, 0.25) is 0 Å². The molecule has 3 saturated carbocycles. The summed E-state index contributed by atoms with van der Waals surface area (Å²) in [5.41, 5.74) is 2.24. The van der Waals surface area contributed by atoms with Gasteiger partial charge in [-0.05, 0) is 93.1 Å². The second kappa shape index (κ2) is 13.0. The number of aliphatic hydroxyl groups is 3. The Morgan fingerprint density at radius 2 is 1.97 bits per heavy atom. The molecule has 0 saturated heterocycles. The number of rotatable bonds is 9. The van der Waals surface area contributed by atoms with E-state index >= 15 is 0 Å². The van der Waals surface area contributed by atoms with E-state index in [0.29, 0.717) is 31.3 Å². The Balaban J connectivity index is 1.66. The summed E-state index contributed by atoms with van der Waals surface area (Å²) in [5, 5.41) is 31.1. The number of aliphatic hydroxyl groups excluding tert-OH is 3. The average Bonchev–Trinajstić information content (AvgIpc) is 3.21. The van der Waals surface area contributed by atoms with Crippen LogP contribution in [0.2, 0.25) is 0 Å². The van der Waals surface area contributed by atoms with E-state index < -0.39 is 30.1 Å². The first-order chi connectivity index (χ1) is 17.9. The van der Waals surface area contributed by atoms with Crippen molar-refractivity contribution in [1.82, 2.24) is 0 Å². The van der Waals surface area contributed by atoms with Crippen LogP contribution in [0, 0.1) is 23.2 Å². The highest BCUT2D eigenvalue weighted by molar-refractivity contribution is 5.60. The summed E-state index contributed by atoms with van der Waals surface area (Å²) < 4.78 is 10.5. The van der Waals surface area contributed by atoms with Crippen molar-refractivity contribution in [2.45, 2.75) is 116 Å². The average molecular weight is 531 g/mol. The lowest BCUT2D eigenvalue weighted by Crippen LogP contribution is -2.40. The molecule has 0 amide bonds. The minimum Gasteiger partial charge on any atom is -0.434 e. The minimum atomic E-state index is -1.08.